The van der Waals surface area contributed by atoms with E-state index in [1.54, 1.807) is 0 Å². The number of carbonyl (C=O) groups is 1. The lowest BCUT2D eigenvalue weighted by Gasteiger charge is -2.25. The van der Waals surface area contributed by atoms with Crippen LogP contribution in [-0.4, -0.2) is 37.8 Å². The summed E-state index contributed by atoms with van der Waals surface area (Å²) in [6.45, 7) is 3.44. The van der Waals surface area contributed by atoms with E-state index in [-0.39, 0.29) is 29.9 Å². The van der Waals surface area contributed by atoms with Crippen LogP contribution in [0.2, 0.25) is 5.02 Å². The van der Waals surface area contributed by atoms with Crippen LogP contribution in [0.4, 0.5) is 0 Å². The molecule has 1 aromatic rings. The van der Waals surface area contributed by atoms with Gasteiger partial charge in [-0.1, -0.05) is 36.9 Å². The molecule has 24 heavy (non-hydrogen) atoms. The van der Waals surface area contributed by atoms with Crippen LogP contribution in [0.15, 0.2) is 41.8 Å². The van der Waals surface area contributed by atoms with Crippen molar-refractivity contribution in [2.45, 2.75) is 43.0 Å². The van der Waals surface area contributed by atoms with Crippen LogP contribution in [0.1, 0.15) is 32.1 Å². The second-order valence-corrected chi connectivity index (χ2v) is 8.32. The highest BCUT2D eigenvalue weighted by atomic mass is 35.5. The molecule has 0 radical (unpaired) electrons. The van der Waals surface area contributed by atoms with Gasteiger partial charge in [0.1, 0.15) is 0 Å². The molecule has 1 saturated carbocycles. The molecule has 5 nitrogen and oxygen atoms in total. The van der Waals surface area contributed by atoms with E-state index in [2.05, 4.69) is 11.9 Å². The van der Waals surface area contributed by atoms with Gasteiger partial charge in [0, 0.05) is 17.6 Å². The quantitative estimate of drug-likeness (QED) is 0.750. The lowest BCUT2D eigenvalue weighted by atomic mass is 9.95. The number of halogens is 1. The predicted octanol–water partition coefficient (Wildman–Crippen LogP) is 2.97. The lowest BCUT2D eigenvalue weighted by Crippen LogP contribution is -2.44. The van der Waals surface area contributed by atoms with E-state index in [9.17, 15) is 13.2 Å². The summed E-state index contributed by atoms with van der Waals surface area (Å²) in [6.07, 6.45) is 6.78. The van der Waals surface area contributed by atoms with E-state index in [0.717, 1.165) is 30.0 Å². The molecule has 2 rings (SSSR count). The van der Waals surface area contributed by atoms with Crippen molar-refractivity contribution in [2.24, 2.45) is 0 Å². The molecular weight excluding hydrogens is 348 g/mol. The van der Waals surface area contributed by atoms with Gasteiger partial charge in [0.15, 0.2) is 0 Å². The maximum absolute atomic E-state index is 12.7. The first-order valence-corrected chi connectivity index (χ1v) is 9.91. The Bertz CT molecular complexity index is 668. The zero-order valence-electron chi connectivity index (χ0n) is 13.6. The van der Waals surface area contributed by atoms with Gasteiger partial charge in [0.05, 0.1) is 11.4 Å². The summed E-state index contributed by atoms with van der Waals surface area (Å²) in [7, 11) is -3.77. The Balaban J connectivity index is 2.08. The van der Waals surface area contributed by atoms with Crippen LogP contribution in [0.5, 0.6) is 0 Å². The van der Waals surface area contributed by atoms with Crippen molar-refractivity contribution < 1.29 is 13.2 Å². The summed E-state index contributed by atoms with van der Waals surface area (Å²) < 4.78 is 26.6. The fraction of sp³-hybridized carbons (Fsp3) is 0.471. The molecule has 7 heteroatoms. The molecular formula is C17H23ClN2O3S. The monoisotopic (exact) mass is 370 g/mol. The number of hydrogen-bond acceptors (Lipinski definition) is 3. The predicted molar refractivity (Wildman–Crippen MR) is 95.4 cm³/mol. The smallest absolute Gasteiger partial charge is 0.243 e. The van der Waals surface area contributed by atoms with Crippen molar-refractivity contribution in [3.63, 3.8) is 0 Å². The van der Waals surface area contributed by atoms with Crippen LogP contribution in [0.3, 0.4) is 0 Å². The van der Waals surface area contributed by atoms with Crippen LogP contribution in [-0.2, 0) is 14.8 Å². The minimum absolute atomic E-state index is 0.0725. The third kappa shape index (κ3) is 5.06. The molecule has 0 atom stereocenters. The largest absolute Gasteiger partial charge is 0.352 e. The van der Waals surface area contributed by atoms with E-state index in [1.807, 2.05) is 0 Å². The topological polar surface area (TPSA) is 66.5 Å². The molecule has 0 spiro atoms. The molecule has 0 heterocycles. The van der Waals surface area contributed by atoms with Gasteiger partial charge in [0.2, 0.25) is 15.9 Å². The normalized spacial score (nSPS) is 16.1. The summed E-state index contributed by atoms with van der Waals surface area (Å²) in [6, 6.07) is 6.06. The van der Waals surface area contributed by atoms with Crippen molar-refractivity contribution in [1.29, 1.82) is 0 Å². The van der Waals surface area contributed by atoms with Gasteiger partial charge in [0.25, 0.3) is 0 Å². The third-order valence-electron chi connectivity index (χ3n) is 4.07. The molecule has 1 N–H and O–H groups in total. The van der Waals surface area contributed by atoms with Gasteiger partial charge >= 0.3 is 0 Å². The van der Waals surface area contributed by atoms with Crippen molar-refractivity contribution in [1.82, 2.24) is 9.62 Å². The summed E-state index contributed by atoms with van der Waals surface area (Å²) in [5.74, 6) is -0.277. The van der Waals surface area contributed by atoms with Gasteiger partial charge in [-0.3, -0.25) is 4.79 Å². The van der Waals surface area contributed by atoms with E-state index in [1.165, 1.54) is 36.8 Å². The molecule has 132 valence electrons. The highest BCUT2D eigenvalue weighted by molar-refractivity contribution is 7.89. The number of hydrogen-bond donors (Lipinski definition) is 1. The SMILES string of the molecule is C=CCN(CC(=O)NC1CCCCC1)S(=O)(=O)c1ccc(Cl)cc1. The van der Waals surface area contributed by atoms with E-state index in [0.29, 0.717) is 5.02 Å². The summed E-state index contributed by atoms with van der Waals surface area (Å²) in [4.78, 5) is 12.4. The van der Waals surface area contributed by atoms with Gasteiger partial charge in [-0.15, -0.1) is 6.58 Å². The lowest BCUT2D eigenvalue weighted by molar-refractivity contribution is -0.122. The molecule has 1 aliphatic carbocycles. The molecule has 0 bridgehead atoms. The third-order valence-corrected chi connectivity index (χ3v) is 6.15. The van der Waals surface area contributed by atoms with Crippen LogP contribution >= 0.6 is 11.6 Å². The standard InChI is InChI=1S/C17H23ClN2O3S/c1-2-12-20(13-17(21)19-15-6-4-3-5-7-15)24(22,23)16-10-8-14(18)9-11-16/h2,8-11,15H,1,3-7,12-13H2,(H,19,21). The second kappa shape index (κ2) is 8.65. The van der Waals surface area contributed by atoms with Crippen LogP contribution in [0.25, 0.3) is 0 Å². The van der Waals surface area contributed by atoms with Gasteiger partial charge in [-0.25, -0.2) is 8.42 Å². The summed E-state index contributed by atoms with van der Waals surface area (Å²) in [5.41, 5.74) is 0. The molecule has 1 aromatic carbocycles. The molecule has 1 amide bonds. The molecule has 0 aliphatic heterocycles. The fourth-order valence-corrected chi connectivity index (χ4v) is 4.32. The van der Waals surface area contributed by atoms with Crippen molar-refractivity contribution in [3.05, 3.63) is 41.9 Å². The number of carbonyl (C=O) groups excluding carboxylic acids is 1. The Morgan fingerprint density at radius 2 is 1.88 bits per heavy atom. The number of sulfonamides is 1. The maximum Gasteiger partial charge on any atom is 0.243 e. The van der Waals surface area contributed by atoms with E-state index < -0.39 is 10.0 Å². The van der Waals surface area contributed by atoms with Crippen molar-refractivity contribution >= 4 is 27.5 Å². The molecule has 0 unspecified atom stereocenters. The van der Waals surface area contributed by atoms with Crippen molar-refractivity contribution in [3.8, 4) is 0 Å². The Morgan fingerprint density at radius 3 is 2.46 bits per heavy atom. The summed E-state index contributed by atoms with van der Waals surface area (Å²) in [5, 5.41) is 3.40. The molecule has 1 fully saturated rings. The molecule has 0 aromatic heterocycles. The van der Waals surface area contributed by atoms with Gasteiger partial charge in [-0.05, 0) is 37.1 Å². The highest BCUT2D eigenvalue weighted by Gasteiger charge is 2.26. The minimum Gasteiger partial charge on any atom is -0.352 e. The summed E-state index contributed by atoms with van der Waals surface area (Å²) >= 11 is 5.81. The Hall–Kier alpha value is -1.37. The second-order valence-electron chi connectivity index (χ2n) is 5.94. The molecule has 1 aliphatic rings. The van der Waals surface area contributed by atoms with E-state index >= 15 is 0 Å². The number of amides is 1. The van der Waals surface area contributed by atoms with Gasteiger partial charge in [-0.2, -0.15) is 4.31 Å². The van der Waals surface area contributed by atoms with Gasteiger partial charge < -0.3 is 5.32 Å². The first-order chi connectivity index (χ1) is 11.4. The van der Waals surface area contributed by atoms with Crippen LogP contribution in [0, 0.1) is 0 Å². The maximum atomic E-state index is 12.7. The molecule has 0 saturated heterocycles. The fourth-order valence-electron chi connectivity index (χ4n) is 2.83. The first-order valence-electron chi connectivity index (χ1n) is 8.09. The van der Waals surface area contributed by atoms with Crippen LogP contribution < -0.4 is 5.32 Å². The Kier molecular flexibility index (Phi) is 6.83. The van der Waals surface area contributed by atoms with Crippen molar-refractivity contribution in [2.75, 3.05) is 13.1 Å². The number of benzene rings is 1. The Morgan fingerprint density at radius 1 is 1.25 bits per heavy atom. The first kappa shape index (κ1) is 19.0. The zero-order chi connectivity index (χ0) is 17.6. The highest BCUT2D eigenvalue weighted by Crippen LogP contribution is 2.19. The zero-order valence-corrected chi connectivity index (χ0v) is 15.2. The number of nitrogens with zero attached hydrogens (tertiary/aromatic N) is 1. The number of rotatable bonds is 7. The average Bonchev–Trinajstić information content (AvgIpc) is 2.55. The number of nitrogens with one attached hydrogen (secondary N) is 1. The minimum atomic E-state index is -3.77. The Labute approximate surface area is 148 Å². The van der Waals surface area contributed by atoms with E-state index in [4.69, 9.17) is 11.6 Å². The average molecular weight is 371 g/mol.